The molecule has 2 unspecified atom stereocenters. The maximum absolute atomic E-state index is 12.8. The van der Waals surface area contributed by atoms with Crippen LogP contribution < -0.4 is 11.1 Å². The SMILES string of the molecule is C[C@]1(N2C(=O)C3C=CC=C(CN)C3C2=O)CCC(=O)NC1=O. The van der Waals surface area contributed by atoms with E-state index < -0.39 is 35.1 Å². The number of amides is 4. The zero-order valence-corrected chi connectivity index (χ0v) is 12.2. The van der Waals surface area contributed by atoms with Gasteiger partial charge in [0, 0.05) is 13.0 Å². The summed E-state index contributed by atoms with van der Waals surface area (Å²) < 4.78 is 0. The number of carbonyl (C=O) groups excluding carboxylic acids is 4. The Hall–Kier alpha value is -2.28. The molecular formula is C15H17N3O4. The van der Waals surface area contributed by atoms with Crippen LogP contribution in [0.4, 0.5) is 0 Å². The largest absolute Gasteiger partial charge is 0.327 e. The van der Waals surface area contributed by atoms with Gasteiger partial charge in [-0.05, 0) is 18.9 Å². The molecule has 4 amide bonds. The highest BCUT2D eigenvalue weighted by Gasteiger charge is 2.57. The van der Waals surface area contributed by atoms with Crippen molar-refractivity contribution in [3.8, 4) is 0 Å². The van der Waals surface area contributed by atoms with Gasteiger partial charge < -0.3 is 5.73 Å². The number of likely N-dealkylation sites (tertiary alicyclic amines) is 1. The van der Waals surface area contributed by atoms with Gasteiger partial charge in [-0.25, -0.2) is 0 Å². The van der Waals surface area contributed by atoms with Crippen LogP contribution in [0.15, 0.2) is 23.8 Å². The summed E-state index contributed by atoms with van der Waals surface area (Å²) in [7, 11) is 0. The highest BCUT2D eigenvalue weighted by Crippen LogP contribution is 2.40. The third-order valence-electron chi connectivity index (χ3n) is 4.69. The first kappa shape index (κ1) is 14.6. The van der Waals surface area contributed by atoms with E-state index in [0.29, 0.717) is 5.57 Å². The van der Waals surface area contributed by atoms with E-state index in [1.807, 2.05) is 0 Å². The Morgan fingerprint density at radius 1 is 1.32 bits per heavy atom. The van der Waals surface area contributed by atoms with Gasteiger partial charge in [0.05, 0.1) is 11.8 Å². The zero-order chi connectivity index (χ0) is 16.1. The van der Waals surface area contributed by atoms with Gasteiger partial charge in [0.25, 0.3) is 5.91 Å². The molecule has 0 spiro atoms. The van der Waals surface area contributed by atoms with Crippen molar-refractivity contribution in [3.63, 3.8) is 0 Å². The van der Waals surface area contributed by atoms with Crippen molar-refractivity contribution >= 4 is 23.6 Å². The Morgan fingerprint density at radius 3 is 2.68 bits per heavy atom. The quantitative estimate of drug-likeness (QED) is 0.652. The van der Waals surface area contributed by atoms with Gasteiger partial charge in [-0.15, -0.1) is 0 Å². The number of fused-ring (bicyclic) bond motifs is 1. The van der Waals surface area contributed by atoms with Crippen LogP contribution >= 0.6 is 0 Å². The molecule has 7 heteroatoms. The Labute approximate surface area is 127 Å². The molecule has 22 heavy (non-hydrogen) atoms. The second-order valence-electron chi connectivity index (χ2n) is 6.00. The lowest BCUT2D eigenvalue weighted by Crippen LogP contribution is -2.63. The van der Waals surface area contributed by atoms with Gasteiger partial charge in [-0.2, -0.15) is 0 Å². The van der Waals surface area contributed by atoms with Gasteiger partial charge in [0.2, 0.25) is 17.7 Å². The second kappa shape index (κ2) is 4.88. The van der Waals surface area contributed by atoms with E-state index >= 15 is 0 Å². The average molecular weight is 303 g/mol. The number of nitrogens with two attached hydrogens (primary N) is 1. The molecule has 7 nitrogen and oxygen atoms in total. The van der Waals surface area contributed by atoms with Crippen LogP contribution in [0.1, 0.15) is 19.8 Å². The number of hydrogen-bond acceptors (Lipinski definition) is 5. The molecule has 0 bridgehead atoms. The molecule has 0 aromatic heterocycles. The number of piperidine rings is 1. The fourth-order valence-corrected chi connectivity index (χ4v) is 3.37. The van der Waals surface area contributed by atoms with Crippen LogP contribution in [0.5, 0.6) is 0 Å². The third-order valence-corrected chi connectivity index (χ3v) is 4.69. The van der Waals surface area contributed by atoms with Crippen molar-refractivity contribution in [2.45, 2.75) is 25.3 Å². The molecule has 116 valence electrons. The Morgan fingerprint density at radius 2 is 2.05 bits per heavy atom. The van der Waals surface area contributed by atoms with E-state index in [-0.39, 0.29) is 25.3 Å². The first-order valence-electron chi connectivity index (χ1n) is 7.19. The number of imide groups is 2. The van der Waals surface area contributed by atoms with E-state index in [0.717, 1.165) is 4.90 Å². The van der Waals surface area contributed by atoms with Gasteiger partial charge in [-0.1, -0.05) is 18.2 Å². The van der Waals surface area contributed by atoms with Gasteiger partial charge in [0.1, 0.15) is 5.54 Å². The van der Waals surface area contributed by atoms with Crippen LogP contribution in [0.3, 0.4) is 0 Å². The van der Waals surface area contributed by atoms with Crippen LogP contribution in [-0.2, 0) is 19.2 Å². The van der Waals surface area contributed by atoms with Crippen molar-refractivity contribution in [2.75, 3.05) is 6.54 Å². The summed E-state index contributed by atoms with van der Waals surface area (Å²) in [5.74, 6) is -3.06. The van der Waals surface area contributed by atoms with Crippen molar-refractivity contribution in [1.29, 1.82) is 0 Å². The molecule has 3 N–H and O–H groups in total. The normalized spacial score (nSPS) is 34.6. The van der Waals surface area contributed by atoms with Crippen LogP contribution in [0, 0.1) is 11.8 Å². The summed E-state index contributed by atoms with van der Waals surface area (Å²) in [5, 5.41) is 2.21. The number of hydrogen-bond donors (Lipinski definition) is 2. The molecule has 0 aromatic rings. The van der Waals surface area contributed by atoms with Crippen LogP contribution in [0.2, 0.25) is 0 Å². The summed E-state index contributed by atoms with van der Waals surface area (Å²) >= 11 is 0. The van der Waals surface area contributed by atoms with Gasteiger partial charge >= 0.3 is 0 Å². The number of nitrogens with one attached hydrogen (secondary N) is 1. The standard InChI is InChI=1S/C15H17N3O4/c1-15(6-5-10(19)17-14(15)22)18-12(20)9-4-2-3-8(7-16)11(9)13(18)21/h2-4,9,11H,5-7,16H2,1H3,(H,17,19,22)/t9?,11?,15-/m0/s1. The molecule has 2 saturated heterocycles. The van der Waals surface area contributed by atoms with Crippen LogP contribution in [-0.4, -0.2) is 40.6 Å². The summed E-state index contributed by atoms with van der Waals surface area (Å²) in [6.07, 6.45) is 5.36. The fourth-order valence-electron chi connectivity index (χ4n) is 3.37. The van der Waals surface area contributed by atoms with Crippen molar-refractivity contribution < 1.29 is 19.2 Å². The van der Waals surface area contributed by atoms with E-state index in [4.69, 9.17) is 5.73 Å². The molecule has 0 radical (unpaired) electrons. The number of rotatable bonds is 2. The molecule has 3 atom stereocenters. The molecule has 3 rings (SSSR count). The molecular weight excluding hydrogens is 286 g/mol. The second-order valence-corrected chi connectivity index (χ2v) is 6.00. The first-order valence-corrected chi connectivity index (χ1v) is 7.19. The topological polar surface area (TPSA) is 110 Å². The zero-order valence-electron chi connectivity index (χ0n) is 12.2. The predicted octanol–water partition coefficient (Wildman–Crippen LogP) is -0.762. The smallest absolute Gasteiger partial charge is 0.252 e. The number of nitrogens with zero attached hydrogens (tertiary/aromatic N) is 1. The Bertz CT molecular complexity index is 651. The molecule has 0 aromatic carbocycles. The Kier molecular flexibility index (Phi) is 3.25. The lowest BCUT2D eigenvalue weighted by molar-refractivity contribution is -0.158. The molecule has 2 heterocycles. The molecule has 3 aliphatic rings. The third kappa shape index (κ3) is 1.85. The highest BCUT2D eigenvalue weighted by atomic mass is 16.2. The highest BCUT2D eigenvalue weighted by molar-refractivity contribution is 6.13. The van der Waals surface area contributed by atoms with Gasteiger partial charge in [0.15, 0.2) is 0 Å². The summed E-state index contributed by atoms with van der Waals surface area (Å²) in [6.45, 7) is 1.71. The molecule has 2 aliphatic heterocycles. The molecule has 1 aliphatic carbocycles. The van der Waals surface area contributed by atoms with Crippen LogP contribution in [0.25, 0.3) is 0 Å². The monoisotopic (exact) mass is 303 g/mol. The molecule has 2 fully saturated rings. The van der Waals surface area contributed by atoms with E-state index in [1.165, 1.54) is 6.92 Å². The predicted molar refractivity (Wildman–Crippen MR) is 75.9 cm³/mol. The first-order chi connectivity index (χ1) is 10.4. The summed E-state index contributed by atoms with van der Waals surface area (Å²) in [5.41, 5.74) is 5.02. The van der Waals surface area contributed by atoms with Crippen molar-refractivity contribution in [2.24, 2.45) is 17.6 Å². The number of carbonyl (C=O) groups is 4. The minimum absolute atomic E-state index is 0.101. The summed E-state index contributed by atoms with van der Waals surface area (Å²) in [6, 6.07) is 0. The minimum Gasteiger partial charge on any atom is -0.327 e. The van der Waals surface area contributed by atoms with Gasteiger partial charge in [-0.3, -0.25) is 29.4 Å². The maximum atomic E-state index is 12.8. The average Bonchev–Trinajstić information content (AvgIpc) is 2.76. The lowest BCUT2D eigenvalue weighted by atomic mass is 9.84. The summed E-state index contributed by atoms with van der Waals surface area (Å²) in [4.78, 5) is 50.0. The number of allylic oxidation sites excluding steroid dienone is 2. The maximum Gasteiger partial charge on any atom is 0.252 e. The minimum atomic E-state index is -1.33. The van der Waals surface area contributed by atoms with Crippen molar-refractivity contribution in [1.82, 2.24) is 10.2 Å². The lowest BCUT2D eigenvalue weighted by Gasteiger charge is -2.38. The molecule has 0 saturated carbocycles. The Balaban J connectivity index is 1.99. The fraction of sp³-hybridized carbons (Fsp3) is 0.467. The van der Waals surface area contributed by atoms with E-state index in [2.05, 4.69) is 5.32 Å². The van der Waals surface area contributed by atoms with E-state index in [9.17, 15) is 19.2 Å². The van der Waals surface area contributed by atoms with E-state index in [1.54, 1.807) is 18.2 Å². The van der Waals surface area contributed by atoms with Crippen molar-refractivity contribution in [3.05, 3.63) is 23.8 Å².